The zero-order valence-electron chi connectivity index (χ0n) is 11.0. The maximum absolute atomic E-state index is 11.9. The van der Waals surface area contributed by atoms with Gasteiger partial charge in [0.25, 0.3) is 0 Å². The summed E-state index contributed by atoms with van der Waals surface area (Å²) in [6.45, 7) is 6.79. The quantitative estimate of drug-likeness (QED) is 0.546. The highest BCUT2D eigenvalue weighted by Crippen LogP contribution is 2.18. The maximum Gasteiger partial charge on any atom is 0.323 e. The minimum Gasteiger partial charge on any atom is -0.465 e. The molecule has 0 aromatic rings. The molecule has 0 bridgehead atoms. The van der Waals surface area contributed by atoms with Gasteiger partial charge in [-0.25, -0.2) is 0 Å². The van der Waals surface area contributed by atoms with E-state index in [0.29, 0.717) is 13.2 Å². The Bertz CT molecular complexity index is 215. The van der Waals surface area contributed by atoms with Crippen molar-refractivity contribution < 1.29 is 14.3 Å². The summed E-state index contributed by atoms with van der Waals surface area (Å²) in [4.78, 5) is 11.9. The SMILES string of the molecule is CCCCN[C@@H](C(=O)OCC)[C@H]1CCCOC1. The zero-order valence-corrected chi connectivity index (χ0v) is 11.0. The first-order valence-corrected chi connectivity index (χ1v) is 6.77. The maximum atomic E-state index is 11.9. The third-order valence-corrected chi connectivity index (χ3v) is 3.10. The molecule has 2 atom stereocenters. The van der Waals surface area contributed by atoms with Gasteiger partial charge in [-0.3, -0.25) is 4.79 Å². The molecule has 1 N–H and O–H groups in total. The number of carbonyl (C=O) groups excluding carboxylic acids is 1. The summed E-state index contributed by atoms with van der Waals surface area (Å²) in [5.41, 5.74) is 0. The molecule has 0 aromatic carbocycles. The second-order valence-electron chi connectivity index (χ2n) is 4.51. The standard InChI is InChI=1S/C13H25NO3/c1-3-5-8-14-12(13(15)17-4-2)11-7-6-9-16-10-11/h11-12,14H,3-10H2,1-2H3/t11-,12+/m0/s1. The molecule has 0 spiro atoms. The fourth-order valence-corrected chi connectivity index (χ4v) is 2.14. The summed E-state index contributed by atoms with van der Waals surface area (Å²) in [7, 11) is 0. The van der Waals surface area contributed by atoms with Gasteiger partial charge >= 0.3 is 5.97 Å². The van der Waals surface area contributed by atoms with Crippen molar-refractivity contribution in [3.63, 3.8) is 0 Å². The van der Waals surface area contributed by atoms with Crippen LogP contribution >= 0.6 is 0 Å². The summed E-state index contributed by atoms with van der Waals surface area (Å²) < 4.78 is 10.6. The van der Waals surface area contributed by atoms with Crippen LogP contribution in [0.4, 0.5) is 0 Å². The van der Waals surface area contributed by atoms with Gasteiger partial charge in [-0.1, -0.05) is 13.3 Å². The van der Waals surface area contributed by atoms with E-state index in [4.69, 9.17) is 9.47 Å². The summed E-state index contributed by atoms with van der Waals surface area (Å²) in [5, 5.41) is 3.32. The summed E-state index contributed by atoms with van der Waals surface area (Å²) in [6.07, 6.45) is 4.30. The molecule has 1 fully saturated rings. The fourth-order valence-electron chi connectivity index (χ4n) is 2.14. The Morgan fingerprint density at radius 1 is 1.53 bits per heavy atom. The van der Waals surface area contributed by atoms with E-state index in [1.807, 2.05) is 6.92 Å². The van der Waals surface area contributed by atoms with Crippen LogP contribution in [0.3, 0.4) is 0 Å². The summed E-state index contributed by atoms with van der Waals surface area (Å²) in [6, 6.07) is -0.193. The van der Waals surface area contributed by atoms with Crippen molar-refractivity contribution in [3.8, 4) is 0 Å². The lowest BCUT2D eigenvalue weighted by Gasteiger charge is -2.29. The molecule has 0 amide bonds. The van der Waals surface area contributed by atoms with Gasteiger partial charge in [0, 0.05) is 12.5 Å². The highest BCUT2D eigenvalue weighted by Gasteiger charge is 2.30. The van der Waals surface area contributed by atoms with Crippen LogP contribution in [0.15, 0.2) is 0 Å². The first-order valence-electron chi connectivity index (χ1n) is 6.77. The van der Waals surface area contributed by atoms with Crippen LogP contribution in [0, 0.1) is 5.92 Å². The number of hydrogen-bond donors (Lipinski definition) is 1. The predicted octanol–water partition coefficient (Wildman–Crippen LogP) is 1.73. The minimum atomic E-state index is -0.193. The highest BCUT2D eigenvalue weighted by molar-refractivity contribution is 5.76. The average molecular weight is 243 g/mol. The molecular formula is C13H25NO3. The Balaban J connectivity index is 2.47. The number of nitrogens with one attached hydrogen (secondary N) is 1. The Morgan fingerprint density at radius 2 is 2.35 bits per heavy atom. The summed E-state index contributed by atoms with van der Waals surface area (Å²) in [5.74, 6) is 0.138. The van der Waals surface area contributed by atoms with E-state index >= 15 is 0 Å². The van der Waals surface area contributed by atoms with Gasteiger partial charge in [0.15, 0.2) is 0 Å². The van der Waals surface area contributed by atoms with Crippen LogP contribution in [0.5, 0.6) is 0 Å². The lowest BCUT2D eigenvalue weighted by Crippen LogP contribution is -2.47. The second kappa shape index (κ2) is 8.48. The van der Waals surface area contributed by atoms with Crippen molar-refractivity contribution in [2.75, 3.05) is 26.4 Å². The molecule has 1 saturated heterocycles. The molecule has 1 aliphatic heterocycles. The second-order valence-corrected chi connectivity index (χ2v) is 4.51. The minimum absolute atomic E-state index is 0.126. The van der Waals surface area contributed by atoms with Crippen LogP contribution in [-0.2, 0) is 14.3 Å². The molecule has 17 heavy (non-hydrogen) atoms. The molecule has 1 aliphatic rings. The molecule has 1 rings (SSSR count). The van der Waals surface area contributed by atoms with Gasteiger partial charge in [0.05, 0.1) is 13.2 Å². The first kappa shape index (κ1) is 14.5. The number of carbonyl (C=O) groups is 1. The van der Waals surface area contributed by atoms with Gasteiger partial charge in [-0.05, 0) is 32.7 Å². The Hall–Kier alpha value is -0.610. The van der Waals surface area contributed by atoms with Crippen molar-refractivity contribution in [1.29, 1.82) is 0 Å². The third kappa shape index (κ3) is 5.04. The molecule has 0 radical (unpaired) electrons. The molecule has 1 heterocycles. The van der Waals surface area contributed by atoms with E-state index in [1.54, 1.807) is 0 Å². The van der Waals surface area contributed by atoms with E-state index < -0.39 is 0 Å². The van der Waals surface area contributed by atoms with Crippen LogP contribution in [0.1, 0.15) is 39.5 Å². The molecule has 100 valence electrons. The predicted molar refractivity (Wildman–Crippen MR) is 66.9 cm³/mol. The van der Waals surface area contributed by atoms with Crippen molar-refractivity contribution in [1.82, 2.24) is 5.32 Å². The fraction of sp³-hybridized carbons (Fsp3) is 0.923. The smallest absolute Gasteiger partial charge is 0.323 e. The van der Waals surface area contributed by atoms with E-state index in [9.17, 15) is 4.79 Å². The van der Waals surface area contributed by atoms with Gasteiger partial charge in [0.2, 0.25) is 0 Å². The molecule has 0 aliphatic carbocycles. The average Bonchev–Trinajstić information content (AvgIpc) is 2.36. The van der Waals surface area contributed by atoms with Crippen molar-refractivity contribution >= 4 is 5.97 Å². The Morgan fingerprint density at radius 3 is 2.94 bits per heavy atom. The van der Waals surface area contributed by atoms with Gasteiger partial charge < -0.3 is 14.8 Å². The number of unbranched alkanes of at least 4 members (excludes halogenated alkanes) is 1. The third-order valence-electron chi connectivity index (χ3n) is 3.10. The van der Waals surface area contributed by atoms with Crippen molar-refractivity contribution in [2.45, 2.75) is 45.6 Å². The van der Waals surface area contributed by atoms with Gasteiger partial charge in [-0.15, -0.1) is 0 Å². The van der Waals surface area contributed by atoms with Crippen LogP contribution in [0.25, 0.3) is 0 Å². The number of hydrogen-bond acceptors (Lipinski definition) is 4. The van der Waals surface area contributed by atoms with E-state index in [2.05, 4.69) is 12.2 Å². The van der Waals surface area contributed by atoms with E-state index in [-0.39, 0.29) is 17.9 Å². The summed E-state index contributed by atoms with van der Waals surface area (Å²) >= 11 is 0. The largest absolute Gasteiger partial charge is 0.465 e. The molecule has 4 nitrogen and oxygen atoms in total. The first-order chi connectivity index (χ1) is 8.29. The normalized spacial score (nSPS) is 22.1. The number of esters is 1. The van der Waals surface area contributed by atoms with Crippen molar-refractivity contribution in [2.24, 2.45) is 5.92 Å². The lowest BCUT2D eigenvalue weighted by molar-refractivity contribution is -0.148. The van der Waals surface area contributed by atoms with Crippen LogP contribution in [-0.4, -0.2) is 38.4 Å². The zero-order chi connectivity index (χ0) is 12.5. The monoisotopic (exact) mass is 243 g/mol. The molecule has 0 aromatic heterocycles. The molecule has 0 unspecified atom stereocenters. The Labute approximate surface area is 104 Å². The van der Waals surface area contributed by atoms with Gasteiger partial charge in [-0.2, -0.15) is 0 Å². The van der Waals surface area contributed by atoms with E-state index in [1.165, 1.54) is 0 Å². The topological polar surface area (TPSA) is 47.6 Å². The molecule has 0 saturated carbocycles. The van der Waals surface area contributed by atoms with Crippen LogP contribution in [0.2, 0.25) is 0 Å². The van der Waals surface area contributed by atoms with Crippen molar-refractivity contribution in [3.05, 3.63) is 0 Å². The van der Waals surface area contributed by atoms with Crippen LogP contribution < -0.4 is 5.32 Å². The number of rotatable bonds is 7. The number of ether oxygens (including phenoxy) is 2. The Kier molecular flexibility index (Phi) is 7.21. The highest BCUT2D eigenvalue weighted by atomic mass is 16.5. The van der Waals surface area contributed by atoms with Gasteiger partial charge in [0.1, 0.15) is 6.04 Å². The van der Waals surface area contributed by atoms with E-state index in [0.717, 1.165) is 38.8 Å². The molecular weight excluding hydrogens is 218 g/mol. The lowest BCUT2D eigenvalue weighted by atomic mass is 9.93. The molecule has 4 heteroatoms.